The molecule has 1 aliphatic heterocycles. The molecule has 0 bridgehead atoms. The van der Waals surface area contributed by atoms with Crippen LogP contribution in [-0.4, -0.2) is 15.9 Å². The summed E-state index contributed by atoms with van der Waals surface area (Å²) in [4.78, 5) is 2.46. The zero-order chi connectivity index (χ0) is 9.80. The Hall–Kier alpha value is -0.418. The van der Waals surface area contributed by atoms with E-state index in [2.05, 4.69) is 51.1 Å². The van der Waals surface area contributed by atoms with E-state index in [1.54, 1.807) is 0 Å². The standard InChI is InChI=1S/C12H15N.Cr/c1-3-7-12(8-4-1)11-13-9-5-2-6-10-13;/h1,3-4,7-8H,2,5-6,9,11H2;. The molecule has 0 N–H and O–H groups in total. The Kier molecular flexibility index (Phi) is 3.53. The Bertz CT molecular complexity index is 307. The van der Waals surface area contributed by atoms with Crippen LogP contribution in [0.3, 0.4) is 0 Å². The van der Waals surface area contributed by atoms with E-state index < -0.39 is 0 Å². The molecule has 14 heavy (non-hydrogen) atoms. The van der Waals surface area contributed by atoms with Crippen LogP contribution < -0.4 is 0 Å². The predicted molar refractivity (Wildman–Crippen MR) is 55.7 cm³/mol. The summed E-state index contributed by atoms with van der Waals surface area (Å²) in [7, 11) is 0. The van der Waals surface area contributed by atoms with Gasteiger partial charge in [0.05, 0.1) is 0 Å². The number of piperidine rings is 1. The Morgan fingerprint density at radius 1 is 1.14 bits per heavy atom. The number of hydrogen-bond donors (Lipinski definition) is 0. The van der Waals surface area contributed by atoms with Crippen LogP contribution in [0.5, 0.6) is 0 Å². The molecule has 1 fully saturated rings. The minimum atomic E-state index is 1.06. The van der Waals surface area contributed by atoms with Crippen LogP contribution in [0.4, 0.5) is 0 Å². The zero-order valence-corrected chi connectivity index (χ0v) is 9.55. The summed E-state index contributed by atoms with van der Waals surface area (Å²) >= 11 is 3.19. The van der Waals surface area contributed by atoms with Crippen LogP contribution in [0.2, 0.25) is 0 Å². The summed E-state index contributed by atoms with van der Waals surface area (Å²) in [6.07, 6.45) is 3.90. The van der Waals surface area contributed by atoms with Crippen LogP contribution in [0.15, 0.2) is 30.3 Å². The summed E-state index contributed by atoms with van der Waals surface area (Å²) in [5, 5.41) is 0. The Balaban J connectivity index is 2.00. The van der Waals surface area contributed by atoms with Crippen molar-refractivity contribution in [2.75, 3.05) is 6.54 Å². The van der Waals surface area contributed by atoms with E-state index in [1.807, 2.05) is 0 Å². The van der Waals surface area contributed by atoms with Crippen LogP contribution >= 0.6 is 0 Å². The molecule has 1 nitrogen and oxygen atoms in total. The van der Waals surface area contributed by atoms with E-state index in [9.17, 15) is 0 Å². The van der Waals surface area contributed by atoms with Crippen molar-refractivity contribution < 1.29 is 15.9 Å². The van der Waals surface area contributed by atoms with Gasteiger partial charge in [0.2, 0.25) is 0 Å². The van der Waals surface area contributed by atoms with E-state index in [4.69, 9.17) is 0 Å². The first-order chi connectivity index (χ1) is 6.86. The van der Waals surface area contributed by atoms with Crippen molar-refractivity contribution in [3.8, 4) is 0 Å². The average Bonchev–Trinajstić information content (AvgIpc) is 2.23. The normalized spacial score (nSPS) is 18.4. The molecule has 1 aromatic rings. The molecule has 0 aromatic heterocycles. The molecule has 1 aromatic carbocycles. The molecule has 0 saturated carbocycles. The van der Waals surface area contributed by atoms with Crippen molar-refractivity contribution in [3.63, 3.8) is 0 Å². The van der Waals surface area contributed by atoms with Gasteiger partial charge in [0.25, 0.3) is 0 Å². The third-order valence-electron chi connectivity index (χ3n) is 2.64. The van der Waals surface area contributed by atoms with E-state index in [0.29, 0.717) is 0 Å². The van der Waals surface area contributed by atoms with Gasteiger partial charge in [0.1, 0.15) is 0 Å². The van der Waals surface area contributed by atoms with Gasteiger partial charge in [-0.3, -0.25) is 0 Å². The second-order valence-electron chi connectivity index (χ2n) is 3.76. The van der Waals surface area contributed by atoms with Gasteiger partial charge in [-0.2, -0.15) is 0 Å². The van der Waals surface area contributed by atoms with Gasteiger partial charge in [-0.15, -0.1) is 0 Å². The first-order valence-electron chi connectivity index (χ1n) is 5.18. The Labute approximate surface area is 93.7 Å². The van der Waals surface area contributed by atoms with Gasteiger partial charge in [-0.05, 0) is 0 Å². The van der Waals surface area contributed by atoms with Crippen molar-refractivity contribution in [2.45, 2.75) is 25.8 Å². The molecular weight excluding hydrogens is 210 g/mol. The summed E-state index contributed by atoms with van der Waals surface area (Å²) in [6.45, 7) is 2.26. The molecule has 0 aliphatic carbocycles. The second-order valence-corrected chi connectivity index (χ2v) is 4.49. The average molecular weight is 225 g/mol. The number of rotatable bonds is 2. The quantitative estimate of drug-likeness (QED) is 0.746. The number of likely N-dealkylation sites (tertiary alicyclic amines) is 1. The molecule has 0 spiro atoms. The van der Waals surface area contributed by atoms with E-state index in [1.165, 1.54) is 35.9 Å². The second kappa shape index (κ2) is 4.89. The molecule has 1 saturated heterocycles. The van der Waals surface area contributed by atoms with Gasteiger partial charge in [-0.25, -0.2) is 0 Å². The number of nitrogens with zero attached hydrogens (tertiary/aromatic N) is 1. The van der Waals surface area contributed by atoms with Crippen molar-refractivity contribution in [1.82, 2.24) is 4.90 Å². The maximum atomic E-state index is 3.19. The molecule has 74 valence electrons. The zero-order valence-electron chi connectivity index (χ0n) is 8.28. The first-order valence-corrected chi connectivity index (χ1v) is 5.82. The van der Waals surface area contributed by atoms with Crippen molar-refractivity contribution in [3.05, 3.63) is 35.9 Å². The van der Waals surface area contributed by atoms with Crippen molar-refractivity contribution in [2.24, 2.45) is 0 Å². The molecular formula is C12H15CrN. The van der Waals surface area contributed by atoms with Gasteiger partial charge >= 0.3 is 93.5 Å². The fraction of sp³-hybridized carbons (Fsp3) is 0.417. The summed E-state index contributed by atoms with van der Waals surface area (Å²) in [6, 6.07) is 10.7. The number of hydrogen-bond acceptors (Lipinski definition) is 1. The van der Waals surface area contributed by atoms with Crippen LogP contribution in [-0.2, 0) is 22.4 Å². The van der Waals surface area contributed by atoms with Crippen LogP contribution in [0.25, 0.3) is 0 Å². The summed E-state index contributed by atoms with van der Waals surface area (Å²) in [5.74, 6) is 0. The predicted octanol–water partition coefficient (Wildman–Crippen LogP) is 2.35. The molecule has 0 amide bonds. The molecule has 2 heteroatoms. The topological polar surface area (TPSA) is 3.24 Å². The minimum absolute atomic E-state index is 1.06. The molecule has 0 radical (unpaired) electrons. The fourth-order valence-electron chi connectivity index (χ4n) is 1.83. The summed E-state index contributed by atoms with van der Waals surface area (Å²) in [5.41, 5.74) is 1.40. The van der Waals surface area contributed by atoms with Gasteiger partial charge in [0.15, 0.2) is 0 Å². The molecule has 2 rings (SSSR count). The molecule has 1 heterocycles. The SMILES string of the molecule is [Cr]=[C]1CCCCN1Cc1ccccc1. The molecule has 0 unspecified atom stereocenters. The third-order valence-corrected chi connectivity index (χ3v) is 3.36. The van der Waals surface area contributed by atoms with Crippen LogP contribution in [0.1, 0.15) is 24.8 Å². The summed E-state index contributed by atoms with van der Waals surface area (Å²) < 4.78 is 1.43. The van der Waals surface area contributed by atoms with Gasteiger partial charge in [-0.1, -0.05) is 0 Å². The first kappa shape index (κ1) is 10.1. The number of benzene rings is 1. The fourth-order valence-corrected chi connectivity index (χ4v) is 2.30. The molecule has 0 atom stereocenters. The van der Waals surface area contributed by atoms with Crippen LogP contribution in [0, 0.1) is 0 Å². The third kappa shape index (κ3) is 2.54. The van der Waals surface area contributed by atoms with E-state index >= 15 is 0 Å². The van der Waals surface area contributed by atoms with Gasteiger partial charge in [0, 0.05) is 0 Å². The Morgan fingerprint density at radius 3 is 2.64 bits per heavy atom. The Morgan fingerprint density at radius 2 is 1.93 bits per heavy atom. The van der Waals surface area contributed by atoms with Crippen molar-refractivity contribution >= 4 is 4.50 Å². The van der Waals surface area contributed by atoms with E-state index in [-0.39, 0.29) is 0 Å². The van der Waals surface area contributed by atoms with Gasteiger partial charge < -0.3 is 0 Å². The van der Waals surface area contributed by atoms with Crippen molar-refractivity contribution in [1.29, 1.82) is 0 Å². The molecule has 1 aliphatic rings. The monoisotopic (exact) mass is 225 g/mol. The maximum absolute atomic E-state index is 3.19. The van der Waals surface area contributed by atoms with E-state index in [0.717, 1.165) is 6.54 Å².